The fourth-order valence-corrected chi connectivity index (χ4v) is 2.00. The smallest absolute Gasteiger partial charge is 0.417 e. The first kappa shape index (κ1) is 17.3. The molecule has 8 heteroatoms. The second kappa shape index (κ2) is 7.85. The molecule has 1 rings (SSSR count). The number of halogens is 2. The summed E-state index contributed by atoms with van der Waals surface area (Å²) >= 11 is 10.9. The predicted octanol–water partition coefficient (Wildman–Crippen LogP) is 1.90. The summed E-state index contributed by atoms with van der Waals surface area (Å²) in [6.07, 6.45) is -1.03. The number of ether oxygens (including phenoxy) is 1. The number of benzene rings is 1. The fourth-order valence-electron chi connectivity index (χ4n) is 1.69. The highest BCUT2D eigenvalue weighted by molar-refractivity contribution is 6.65. The van der Waals surface area contributed by atoms with Gasteiger partial charge in [0, 0.05) is 6.42 Å². The van der Waals surface area contributed by atoms with Crippen LogP contribution in [0.15, 0.2) is 24.3 Å². The van der Waals surface area contributed by atoms with Gasteiger partial charge in [0.2, 0.25) is 11.1 Å². The molecular formula is C13H13Cl2NO5. The highest BCUT2D eigenvalue weighted by Crippen LogP contribution is 2.17. The van der Waals surface area contributed by atoms with Gasteiger partial charge in [0.05, 0.1) is 7.11 Å². The largest absolute Gasteiger partial charge is 0.508 e. The van der Waals surface area contributed by atoms with Crippen LogP contribution in [-0.4, -0.2) is 46.3 Å². The Kier molecular flexibility index (Phi) is 6.45. The van der Waals surface area contributed by atoms with Crippen molar-refractivity contribution in [3.63, 3.8) is 0 Å². The topological polar surface area (TPSA) is 83.9 Å². The number of methoxy groups -OCH3 is 1. The number of aromatic hydroxyl groups is 1. The number of rotatable bonds is 5. The average Bonchev–Trinajstić information content (AvgIpc) is 2.47. The van der Waals surface area contributed by atoms with Crippen LogP contribution < -0.4 is 0 Å². The van der Waals surface area contributed by atoms with E-state index in [0.717, 1.165) is 7.11 Å². The Labute approximate surface area is 131 Å². The lowest BCUT2D eigenvalue weighted by atomic mass is 10.1. The molecule has 0 saturated carbocycles. The van der Waals surface area contributed by atoms with E-state index in [1.165, 1.54) is 12.1 Å². The van der Waals surface area contributed by atoms with Crippen molar-refractivity contribution in [2.45, 2.75) is 12.5 Å². The molecule has 114 valence electrons. The van der Waals surface area contributed by atoms with Gasteiger partial charge in [-0.25, -0.2) is 9.69 Å². The molecule has 1 aromatic carbocycles. The molecule has 0 aromatic heterocycles. The Morgan fingerprint density at radius 3 is 2.29 bits per heavy atom. The van der Waals surface area contributed by atoms with Crippen LogP contribution >= 0.6 is 23.2 Å². The highest BCUT2D eigenvalue weighted by Gasteiger charge is 2.34. The van der Waals surface area contributed by atoms with Crippen LogP contribution in [0.2, 0.25) is 0 Å². The number of carbonyl (C=O) groups excluding carboxylic acids is 3. The third-order valence-corrected chi connectivity index (χ3v) is 3.17. The third kappa shape index (κ3) is 4.61. The van der Waals surface area contributed by atoms with Gasteiger partial charge in [0.15, 0.2) is 0 Å². The summed E-state index contributed by atoms with van der Waals surface area (Å²) in [6.45, 7) is 0. The van der Waals surface area contributed by atoms with E-state index in [2.05, 4.69) is 4.74 Å². The highest BCUT2D eigenvalue weighted by atomic mass is 35.5. The monoisotopic (exact) mass is 333 g/mol. The first-order valence-corrected chi connectivity index (χ1v) is 6.75. The van der Waals surface area contributed by atoms with Crippen molar-refractivity contribution < 1.29 is 24.2 Å². The maximum Gasteiger partial charge on any atom is 0.417 e. The molecule has 2 amide bonds. The number of imide groups is 1. The van der Waals surface area contributed by atoms with Gasteiger partial charge in [-0.1, -0.05) is 12.1 Å². The molecule has 0 heterocycles. The van der Waals surface area contributed by atoms with Crippen molar-refractivity contribution in [1.29, 1.82) is 0 Å². The van der Waals surface area contributed by atoms with Crippen LogP contribution in [0.3, 0.4) is 0 Å². The van der Waals surface area contributed by atoms with Crippen LogP contribution in [0.5, 0.6) is 5.75 Å². The summed E-state index contributed by atoms with van der Waals surface area (Å²) in [5.41, 5.74) is 0.600. The second-order valence-corrected chi connectivity index (χ2v) is 4.70. The molecule has 21 heavy (non-hydrogen) atoms. The van der Waals surface area contributed by atoms with E-state index in [1.54, 1.807) is 12.1 Å². The lowest BCUT2D eigenvalue weighted by molar-refractivity contribution is -0.132. The van der Waals surface area contributed by atoms with Gasteiger partial charge in [-0.2, -0.15) is 0 Å². The summed E-state index contributed by atoms with van der Waals surface area (Å²) < 4.78 is 4.48. The van der Waals surface area contributed by atoms with Crippen LogP contribution in [0, 0.1) is 0 Å². The van der Waals surface area contributed by atoms with E-state index in [1.807, 2.05) is 0 Å². The lowest BCUT2D eigenvalue weighted by Gasteiger charge is -2.25. The molecule has 0 spiro atoms. The van der Waals surface area contributed by atoms with E-state index in [9.17, 15) is 19.5 Å². The molecule has 1 aromatic rings. The van der Waals surface area contributed by atoms with Gasteiger partial charge in [-0.15, -0.1) is 11.6 Å². The van der Waals surface area contributed by atoms with Gasteiger partial charge in [0.25, 0.3) is 0 Å². The van der Waals surface area contributed by atoms with Gasteiger partial charge in [0.1, 0.15) is 17.7 Å². The molecule has 1 N–H and O–H groups in total. The second-order valence-electron chi connectivity index (χ2n) is 4.06. The van der Waals surface area contributed by atoms with Crippen LogP contribution in [0.25, 0.3) is 0 Å². The molecule has 6 nitrogen and oxygen atoms in total. The van der Waals surface area contributed by atoms with E-state index in [0.29, 0.717) is 10.5 Å². The third-order valence-electron chi connectivity index (χ3n) is 2.69. The predicted molar refractivity (Wildman–Crippen MR) is 76.4 cm³/mol. The minimum atomic E-state index is -1.24. The van der Waals surface area contributed by atoms with Crippen molar-refractivity contribution >= 4 is 40.4 Å². The van der Waals surface area contributed by atoms with Crippen molar-refractivity contribution in [1.82, 2.24) is 4.90 Å². The minimum absolute atomic E-state index is 0.0135. The van der Waals surface area contributed by atoms with Gasteiger partial charge >= 0.3 is 6.09 Å². The Morgan fingerprint density at radius 2 is 1.86 bits per heavy atom. The normalized spacial score (nSPS) is 11.6. The first-order valence-electron chi connectivity index (χ1n) is 5.84. The maximum absolute atomic E-state index is 11.7. The molecule has 0 aliphatic rings. The van der Waals surface area contributed by atoms with Gasteiger partial charge in [-0.05, 0) is 29.3 Å². The van der Waals surface area contributed by atoms with E-state index in [-0.39, 0.29) is 12.2 Å². The Bertz CT molecular complexity index is 516. The number of amides is 2. The maximum atomic E-state index is 11.7. The Morgan fingerprint density at radius 1 is 1.29 bits per heavy atom. The Balaban J connectivity index is 3.07. The number of nitrogens with zero attached hydrogens (tertiary/aromatic N) is 1. The minimum Gasteiger partial charge on any atom is -0.508 e. The molecular weight excluding hydrogens is 321 g/mol. The molecule has 0 unspecified atom stereocenters. The van der Waals surface area contributed by atoms with Crippen LogP contribution in [0.4, 0.5) is 4.79 Å². The van der Waals surface area contributed by atoms with Crippen LogP contribution in [-0.2, 0) is 20.7 Å². The molecule has 0 fully saturated rings. The molecule has 1 atom stereocenters. The first-order chi connectivity index (χ1) is 9.90. The van der Waals surface area contributed by atoms with E-state index >= 15 is 0 Å². The fraction of sp³-hybridized carbons (Fsp3) is 0.308. The van der Waals surface area contributed by atoms with Crippen LogP contribution in [0.1, 0.15) is 5.56 Å². The summed E-state index contributed by atoms with van der Waals surface area (Å²) in [7, 11) is 1.08. The Hall–Kier alpha value is -1.79. The summed E-state index contributed by atoms with van der Waals surface area (Å²) in [5, 5.41) is 8.32. The number of phenolic OH excluding ortho intramolecular Hbond substituents is 1. The lowest BCUT2D eigenvalue weighted by Crippen LogP contribution is -2.49. The number of hydrogen-bond acceptors (Lipinski definition) is 5. The van der Waals surface area contributed by atoms with Crippen molar-refractivity contribution in [3.05, 3.63) is 29.8 Å². The molecule has 0 radical (unpaired) electrons. The quantitative estimate of drug-likeness (QED) is 0.657. The number of phenols is 1. The molecule has 0 aliphatic carbocycles. The van der Waals surface area contributed by atoms with E-state index < -0.39 is 29.2 Å². The summed E-state index contributed by atoms with van der Waals surface area (Å²) in [4.78, 5) is 35.6. The molecule has 0 bridgehead atoms. The van der Waals surface area contributed by atoms with Crippen molar-refractivity contribution in [2.24, 2.45) is 0 Å². The summed E-state index contributed by atoms with van der Waals surface area (Å²) in [5.74, 6) is -1.24. The number of carbonyl (C=O) groups is 3. The zero-order chi connectivity index (χ0) is 16.0. The standard InChI is InChI=1S/C13H13Cl2NO5/c1-21-13(20)16(11(18)7-14)10(12(15)19)6-8-2-4-9(17)5-3-8/h2-5,10,17H,6-7H2,1H3/t10-/m0/s1. The number of alkyl halides is 1. The van der Waals surface area contributed by atoms with Gasteiger partial charge in [-0.3, -0.25) is 9.59 Å². The van der Waals surface area contributed by atoms with Crippen molar-refractivity contribution in [2.75, 3.05) is 13.0 Å². The summed E-state index contributed by atoms with van der Waals surface area (Å²) in [6, 6.07) is 4.68. The van der Waals surface area contributed by atoms with E-state index in [4.69, 9.17) is 23.2 Å². The molecule has 0 saturated heterocycles. The van der Waals surface area contributed by atoms with Gasteiger partial charge < -0.3 is 9.84 Å². The zero-order valence-electron chi connectivity index (χ0n) is 11.1. The zero-order valence-corrected chi connectivity index (χ0v) is 12.6. The SMILES string of the molecule is COC(=O)N(C(=O)CCl)[C@@H](Cc1ccc(O)cc1)C(=O)Cl. The molecule has 0 aliphatic heterocycles. The number of hydrogen-bond donors (Lipinski definition) is 1. The average molecular weight is 334 g/mol. The van der Waals surface area contributed by atoms with Crippen molar-refractivity contribution in [3.8, 4) is 5.75 Å².